The maximum atomic E-state index is 12.3. The average molecular weight is 431 g/mol. The predicted molar refractivity (Wildman–Crippen MR) is 111 cm³/mol. The third-order valence-corrected chi connectivity index (χ3v) is 7.07. The number of pyridine rings is 1. The molecule has 150 valence electrons. The number of rotatable bonds is 5. The Morgan fingerprint density at radius 3 is 2.72 bits per heavy atom. The van der Waals surface area contributed by atoms with Gasteiger partial charge in [0.25, 0.3) is 10.8 Å². The molecule has 1 aromatic carbocycles. The van der Waals surface area contributed by atoms with Gasteiger partial charge in [0, 0.05) is 32.1 Å². The van der Waals surface area contributed by atoms with Crippen molar-refractivity contribution in [2.75, 3.05) is 14.1 Å². The number of sulfonamides is 1. The molecule has 8 nitrogen and oxygen atoms in total. The summed E-state index contributed by atoms with van der Waals surface area (Å²) in [6.45, 7) is 1.90. The number of thioether (sulfide) groups is 1. The van der Waals surface area contributed by atoms with E-state index in [0.29, 0.717) is 33.4 Å². The van der Waals surface area contributed by atoms with Crippen LogP contribution in [0.1, 0.15) is 11.3 Å². The Labute approximate surface area is 171 Å². The minimum Gasteiger partial charge on any atom is -0.431 e. The van der Waals surface area contributed by atoms with Gasteiger partial charge in [0.05, 0.1) is 10.6 Å². The number of fused-ring (bicyclic) bond motifs is 2. The minimum absolute atomic E-state index is 0.148. The highest BCUT2D eigenvalue weighted by atomic mass is 32.2. The van der Waals surface area contributed by atoms with Crippen LogP contribution in [0.4, 0.5) is 0 Å². The lowest BCUT2D eigenvalue weighted by atomic mass is 10.3. The average Bonchev–Trinajstić information content (AvgIpc) is 3.09. The number of nitrogens with zero attached hydrogens (tertiary/aromatic N) is 4. The van der Waals surface area contributed by atoms with Crippen LogP contribution in [-0.2, 0) is 15.8 Å². The van der Waals surface area contributed by atoms with E-state index in [0.717, 1.165) is 9.87 Å². The molecular weight excluding hydrogens is 412 g/mol. The number of hydrogen-bond donors (Lipinski definition) is 0. The molecule has 0 bridgehead atoms. The quantitative estimate of drug-likeness (QED) is 0.449. The van der Waals surface area contributed by atoms with Gasteiger partial charge in [0.15, 0.2) is 5.58 Å². The molecule has 0 aliphatic rings. The molecule has 0 N–H and O–H groups in total. The number of benzene rings is 1. The zero-order chi connectivity index (χ0) is 20.8. The summed E-state index contributed by atoms with van der Waals surface area (Å²) in [5.41, 5.74) is 2.95. The van der Waals surface area contributed by atoms with E-state index in [9.17, 15) is 13.2 Å². The van der Waals surface area contributed by atoms with E-state index < -0.39 is 10.0 Å². The molecule has 0 saturated carbocycles. The lowest BCUT2D eigenvalue weighted by molar-refractivity contribution is 0.489. The van der Waals surface area contributed by atoms with Crippen molar-refractivity contribution in [2.45, 2.75) is 22.8 Å². The second-order valence-electron chi connectivity index (χ2n) is 6.66. The minimum atomic E-state index is -3.55. The second-order valence-corrected chi connectivity index (χ2v) is 9.73. The van der Waals surface area contributed by atoms with E-state index in [1.165, 1.54) is 48.5 Å². The van der Waals surface area contributed by atoms with Crippen molar-refractivity contribution in [3.05, 3.63) is 64.2 Å². The van der Waals surface area contributed by atoms with Crippen molar-refractivity contribution in [2.24, 2.45) is 0 Å². The first-order chi connectivity index (χ1) is 13.8. The Balaban J connectivity index is 1.61. The van der Waals surface area contributed by atoms with Gasteiger partial charge >= 0.3 is 0 Å². The van der Waals surface area contributed by atoms with Gasteiger partial charge in [-0.15, -0.1) is 0 Å². The fourth-order valence-electron chi connectivity index (χ4n) is 2.84. The molecule has 0 fully saturated rings. The monoisotopic (exact) mass is 430 g/mol. The van der Waals surface area contributed by atoms with Crippen molar-refractivity contribution in [1.29, 1.82) is 0 Å². The number of aryl methyl sites for hydroxylation is 1. The van der Waals surface area contributed by atoms with E-state index >= 15 is 0 Å². The van der Waals surface area contributed by atoms with Crippen LogP contribution in [0.5, 0.6) is 0 Å². The first kappa shape index (κ1) is 19.6. The summed E-state index contributed by atoms with van der Waals surface area (Å²) in [5, 5.41) is 0.381. The van der Waals surface area contributed by atoms with E-state index in [1.807, 2.05) is 19.1 Å². The van der Waals surface area contributed by atoms with Crippen LogP contribution in [0, 0.1) is 6.92 Å². The van der Waals surface area contributed by atoms with Crippen LogP contribution >= 0.6 is 11.8 Å². The van der Waals surface area contributed by atoms with E-state index in [2.05, 4.69) is 9.97 Å². The van der Waals surface area contributed by atoms with Crippen molar-refractivity contribution in [1.82, 2.24) is 18.7 Å². The summed E-state index contributed by atoms with van der Waals surface area (Å²) < 4.78 is 32.9. The van der Waals surface area contributed by atoms with Gasteiger partial charge in [0.2, 0.25) is 10.0 Å². The summed E-state index contributed by atoms with van der Waals surface area (Å²) in [6.07, 6.45) is 1.69. The van der Waals surface area contributed by atoms with Crippen molar-refractivity contribution >= 4 is 38.5 Å². The summed E-state index contributed by atoms with van der Waals surface area (Å²) in [4.78, 5) is 21.4. The van der Waals surface area contributed by atoms with Crippen molar-refractivity contribution < 1.29 is 12.8 Å². The molecule has 0 spiro atoms. The van der Waals surface area contributed by atoms with Crippen LogP contribution in [0.15, 0.2) is 61.9 Å². The normalized spacial score (nSPS) is 12.3. The third kappa shape index (κ3) is 3.66. The Hall–Kier alpha value is -2.69. The fourth-order valence-corrected chi connectivity index (χ4v) is 4.49. The molecule has 4 aromatic rings. The molecule has 0 unspecified atom stereocenters. The highest BCUT2D eigenvalue weighted by Gasteiger charge is 2.19. The van der Waals surface area contributed by atoms with Gasteiger partial charge < -0.3 is 4.42 Å². The summed E-state index contributed by atoms with van der Waals surface area (Å²) in [7, 11) is -0.593. The highest BCUT2D eigenvalue weighted by molar-refractivity contribution is 7.98. The maximum absolute atomic E-state index is 12.3. The van der Waals surface area contributed by atoms with E-state index in [1.54, 1.807) is 12.3 Å². The lowest BCUT2D eigenvalue weighted by Gasteiger charge is -2.10. The first-order valence-electron chi connectivity index (χ1n) is 8.69. The lowest BCUT2D eigenvalue weighted by Crippen LogP contribution is -2.22. The summed E-state index contributed by atoms with van der Waals surface area (Å²) in [6, 6.07) is 9.77. The topological polar surface area (TPSA) is 97.8 Å². The molecule has 4 rings (SSSR count). The molecular formula is C19H18N4O4S2. The molecule has 3 aromatic heterocycles. The van der Waals surface area contributed by atoms with Gasteiger partial charge in [-0.25, -0.2) is 22.7 Å². The standard InChI is InChI=1S/C19H18N4O4S2/c1-12-5-4-8-23-17(24)9-13(20-18(12)23)11-28-19-21-15-10-14(6-7-16(15)27-19)29(25,26)22(2)3/h4-10H,11H2,1-3H3. The maximum Gasteiger partial charge on any atom is 0.258 e. The van der Waals surface area contributed by atoms with Gasteiger partial charge in [-0.05, 0) is 36.8 Å². The van der Waals surface area contributed by atoms with Crippen LogP contribution in [0.3, 0.4) is 0 Å². The zero-order valence-electron chi connectivity index (χ0n) is 16.0. The van der Waals surface area contributed by atoms with Crippen LogP contribution in [0.25, 0.3) is 16.7 Å². The Bertz CT molecular complexity index is 1390. The Morgan fingerprint density at radius 1 is 1.17 bits per heavy atom. The largest absolute Gasteiger partial charge is 0.431 e. The molecule has 0 amide bonds. The van der Waals surface area contributed by atoms with Gasteiger partial charge in [-0.3, -0.25) is 9.20 Å². The van der Waals surface area contributed by atoms with E-state index in [4.69, 9.17) is 4.42 Å². The number of oxazole rings is 1. The molecule has 0 radical (unpaired) electrons. The fraction of sp³-hybridized carbons (Fsp3) is 0.211. The first-order valence-corrected chi connectivity index (χ1v) is 11.1. The summed E-state index contributed by atoms with van der Waals surface area (Å²) in [5.74, 6) is 0.399. The van der Waals surface area contributed by atoms with Crippen molar-refractivity contribution in [3.8, 4) is 0 Å². The van der Waals surface area contributed by atoms with Gasteiger partial charge in [-0.2, -0.15) is 0 Å². The van der Waals surface area contributed by atoms with Gasteiger partial charge in [0.1, 0.15) is 11.2 Å². The van der Waals surface area contributed by atoms with Crippen LogP contribution < -0.4 is 5.56 Å². The van der Waals surface area contributed by atoms with Gasteiger partial charge in [-0.1, -0.05) is 17.8 Å². The Kier molecular flexibility index (Phi) is 4.93. The third-order valence-electron chi connectivity index (χ3n) is 4.40. The van der Waals surface area contributed by atoms with E-state index in [-0.39, 0.29) is 10.5 Å². The van der Waals surface area contributed by atoms with Crippen LogP contribution in [0.2, 0.25) is 0 Å². The molecule has 0 aliphatic carbocycles. The number of aromatic nitrogens is 3. The molecule has 0 saturated heterocycles. The Morgan fingerprint density at radius 2 is 1.97 bits per heavy atom. The second kappa shape index (κ2) is 7.29. The SMILES string of the molecule is Cc1cccn2c(=O)cc(CSc3nc4cc(S(=O)(=O)N(C)C)ccc4o3)nc12. The summed E-state index contributed by atoms with van der Waals surface area (Å²) >= 11 is 1.29. The molecule has 10 heteroatoms. The highest BCUT2D eigenvalue weighted by Crippen LogP contribution is 2.27. The smallest absolute Gasteiger partial charge is 0.258 e. The molecule has 0 aliphatic heterocycles. The molecule has 29 heavy (non-hydrogen) atoms. The van der Waals surface area contributed by atoms with Crippen LogP contribution in [-0.4, -0.2) is 41.2 Å². The molecule has 0 atom stereocenters. The van der Waals surface area contributed by atoms with Crippen molar-refractivity contribution in [3.63, 3.8) is 0 Å². The molecule has 3 heterocycles. The zero-order valence-corrected chi connectivity index (χ0v) is 17.6. The predicted octanol–water partition coefficient (Wildman–Crippen LogP) is 2.69. The number of hydrogen-bond acceptors (Lipinski definition) is 7.